The number of methoxy groups -OCH3 is 1. The Labute approximate surface area is 171 Å². The van der Waals surface area contributed by atoms with E-state index in [0.717, 1.165) is 48.2 Å². The van der Waals surface area contributed by atoms with Crippen molar-refractivity contribution in [3.63, 3.8) is 0 Å². The maximum Gasteiger partial charge on any atom is 0.282 e. The minimum absolute atomic E-state index is 0.269. The summed E-state index contributed by atoms with van der Waals surface area (Å²) in [6.45, 7) is 7.59. The number of hydrogen-bond donors (Lipinski definition) is 0. The molecule has 2 aromatic rings. The Morgan fingerprint density at radius 2 is 1.59 bits per heavy atom. The maximum absolute atomic E-state index is 13.6. The lowest BCUT2D eigenvalue weighted by Crippen LogP contribution is -2.34. The van der Waals surface area contributed by atoms with E-state index in [9.17, 15) is 9.59 Å². The topological polar surface area (TPSA) is 49.9 Å². The Kier molecular flexibility index (Phi) is 4.91. The zero-order valence-corrected chi connectivity index (χ0v) is 17.4. The van der Waals surface area contributed by atoms with Gasteiger partial charge in [-0.1, -0.05) is 24.3 Å². The van der Waals surface area contributed by atoms with Crippen LogP contribution in [0.1, 0.15) is 35.1 Å². The summed E-state index contributed by atoms with van der Waals surface area (Å²) in [6.07, 6.45) is 2.05. The summed E-state index contributed by atoms with van der Waals surface area (Å²) in [6, 6.07) is 11.5. The van der Waals surface area contributed by atoms with E-state index in [-0.39, 0.29) is 11.8 Å². The highest BCUT2D eigenvalue weighted by atomic mass is 16.5. The molecular formula is C24H26N2O3. The molecule has 0 bridgehead atoms. The number of imide groups is 1. The van der Waals surface area contributed by atoms with Crippen LogP contribution in [0.4, 0.5) is 5.69 Å². The predicted octanol–water partition coefficient (Wildman–Crippen LogP) is 4.00. The molecule has 2 amide bonds. The molecule has 5 heteroatoms. The number of rotatable bonds is 4. The average molecular weight is 390 g/mol. The number of carbonyl (C=O) groups excluding carboxylic acids is 2. The van der Waals surface area contributed by atoms with Crippen LogP contribution in [-0.2, 0) is 9.59 Å². The SMILES string of the molecule is COc1ccc(C)cc1N1C(=O)C(c2ccc(C)c(C)c2)=C(N2CCCC2)C1=O. The van der Waals surface area contributed by atoms with Crippen molar-refractivity contribution in [2.45, 2.75) is 33.6 Å². The minimum atomic E-state index is -0.288. The van der Waals surface area contributed by atoms with E-state index in [4.69, 9.17) is 4.74 Å². The molecule has 0 radical (unpaired) electrons. The highest BCUT2D eigenvalue weighted by Gasteiger charge is 2.44. The van der Waals surface area contributed by atoms with E-state index in [0.29, 0.717) is 22.7 Å². The molecular weight excluding hydrogens is 364 g/mol. The number of hydrogen-bond acceptors (Lipinski definition) is 4. The summed E-state index contributed by atoms with van der Waals surface area (Å²) in [5, 5.41) is 0. The van der Waals surface area contributed by atoms with Gasteiger partial charge in [-0.05, 0) is 68.0 Å². The number of ether oxygens (including phenoxy) is 1. The third-order valence-electron chi connectivity index (χ3n) is 5.85. The third-order valence-corrected chi connectivity index (χ3v) is 5.85. The molecule has 0 aromatic heterocycles. The number of carbonyl (C=O) groups is 2. The van der Waals surface area contributed by atoms with Crippen LogP contribution in [-0.4, -0.2) is 36.9 Å². The van der Waals surface area contributed by atoms with Gasteiger partial charge in [0.15, 0.2) is 0 Å². The number of anilines is 1. The van der Waals surface area contributed by atoms with Gasteiger partial charge in [0.2, 0.25) is 0 Å². The highest BCUT2D eigenvalue weighted by Crippen LogP contribution is 2.40. The van der Waals surface area contributed by atoms with Crippen molar-refractivity contribution in [2.24, 2.45) is 0 Å². The van der Waals surface area contributed by atoms with Crippen molar-refractivity contribution < 1.29 is 14.3 Å². The summed E-state index contributed by atoms with van der Waals surface area (Å²) in [4.78, 5) is 30.5. The van der Waals surface area contributed by atoms with Gasteiger partial charge >= 0.3 is 0 Å². The molecule has 2 aliphatic rings. The standard InChI is InChI=1S/C24H26N2O3/c1-15-7-10-20(29-4)19(13-15)26-23(27)21(18-9-8-16(2)17(3)14-18)22(24(26)28)25-11-5-6-12-25/h7-10,13-14H,5-6,11-12H2,1-4H3. The largest absolute Gasteiger partial charge is 0.495 e. The zero-order valence-electron chi connectivity index (χ0n) is 17.4. The second-order valence-corrected chi connectivity index (χ2v) is 7.84. The van der Waals surface area contributed by atoms with Crippen LogP contribution in [0.2, 0.25) is 0 Å². The van der Waals surface area contributed by atoms with Gasteiger partial charge in [-0.2, -0.15) is 0 Å². The predicted molar refractivity (Wildman–Crippen MR) is 114 cm³/mol. The van der Waals surface area contributed by atoms with Gasteiger partial charge in [0, 0.05) is 13.1 Å². The van der Waals surface area contributed by atoms with Gasteiger partial charge in [0.25, 0.3) is 11.8 Å². The number of benzene rings is 2. The molecule has 1 saturated heterocycles. The van der Waals surface area contributed by atoms with Crippen molar-refractivity contribution in [3.05, 3.63) is 64.3 Å². The lowest BCUT2D eigenvalue weighted by Gasteiger charge is -2.21. The van der Waals surface area contributed by atoms with Crippen molar-refractivity contribution in [2.75, 3.05) is 25.1 Å². The van der Waals surface area contributed by atoms with Crippen LogP contribution in [0.5, 0.6) is 5.75 Å². The maximum atomic E-state index is 13.6. The molecule has 0 unspecified atom stereocenters. The van der Waals surface area contributed by atoms with Crippen LogP contribution in [0.15, 0.2) is 42.1 Å². The van der Waals surface area contributed by atoms with Crippen molar-refractivity contribution in [1.29, 1.82) is 0 Å². The first kappa shape index (κ1) is 19.2. The molecule has 4 rings (SSSR count). The molecule has 2 aromatic carbocycles. The molecule has 0 atom stereocenters. The molecule has 29 heavy (non-hydrogen) atoms. The molecule has 150 valence electrons. The third kappa shape index (κ3) is 3.20. The fourth-order valence-electron chi connectivity index (χ4n) is 4.10. The average Bonchev–Trinajstić information content (AvgIpc) is 3.30. The Morgan fingerprint density at radius 1 is 0.862 bits per heavy atom. The lowest BCUT2D eigenvalue weighted by molar-refractivity contribution is -0.120. The van der Waals surface area contributed by atoms with Gasteiger partial charge in [-0.15, -0.1) is 0 Å². The second-order valence-electron chi connectivity index (χ2n) is 7.84. The molecule has 2 heterocycles. The number of amides is 2. The van der Waals surface area contributed by atoms with Crippen molar-refractivity contribution >= 4 is 23.1 Å². The Morgan fingerprint density at radius 3 is 2.24 bits per heavy atom. The van der Waals surface area contributed by atoms with E-state index >= 15 is 0 Å². The summed E-state index contributed by atoms with van der Waals surface area (Å²) in [5.41, 5.74) is 5.51. The van der Waals surface area contributed by atoms with E-state index in [1.807, 2.05) is 51.1 Å². The first-order valence-corrected chi connectivity index (χ1v) is 10.0. The molecule has 0 spiro atoms. The summed E-state index contributed by atoms with van der Waals surface area (Å²) >= 11 is 0. The Hall–Kier alpha value is -3.08. The molecule has 1 fully saturated rings. The number of nitrogens with zero attached hydrogens (tertiary/aromatic N) is 2. The lowest BCUT2D eigenvalue weighted by atomic mass is 9.99. The van der Waals surface area contributed by atoms with E-state index < -0.39 is 0 Å². The quantitative estimate of drug-likeness (QED) is 0.741. The van der Waals surface area contributed by atoms with Crippen LogP contribution >= 0.6 is 0 Å². The highest BCUT2D eigenvalue weighted by molar-refractivity contribution is 6.45. The molecule has 0 N–H and O–H groups in total. The van der Waals surface area contributed by atoms with Crippen LogP contribution in [0.3, 0.4) is 0 Å². The Balaban J connectivity index is 1.88. The monoisotopic (exact) mass is 390 g/mol. The van der Waals surface area contributed by atoms with Crippen LogP contribution in [0.25, 0.3) is 5.57 Å². The molecule has 2 aliphatic heterocycles. The van der Waals surface area contributed by atoms with Crippen LogP contribution in [0, 0.1) is 20.8 Å². The van der Waals surface area contributed by atoms with E-state index in [1.54, 1.807) is 13.2 Å². The minimum Gasteiger partial charge on any atom is -0.495 e. The van der Waals surface area contributed by atoms with E-state index in [1.165, 1.54) is 4.90 Å². The van der Waals surface area contributed by atoms with Gasteiger partial charge in [0.05, 0.1) is 18.4 Å². The van der Waals surface area contributed by atoms with E-state index in [2.05, 4.69) is 4.90 Å². The van der Waals surface area contributed by atoms with Crippen molar-refractivity contribution in [3.8, 4) is 5.75 Å². The smallest absolute Gasteiger partial charge is 0.282 e. The first-order chi connectivity index (χ1) is 13.9. The molecule has 5 nitrogen and oxygen atoms in total. The van der Waals surface area contributed by atoms with Gasteiger partial charge in [0.1, 0.15) is 11.4 Å². The molecule has 0 aliphatic carbocycles. The Bertz CT molecular complexity index is 1030. The summed E-state index contributed by atoms with van der Waals surface area (Å²) in [5.74, 6) is -0.0440. The molecule has 0 saturated carbocycles. The number of likely N-dealkylation sites (tertiary alicyclic amines) is 1. The summed E-state index contributed by atoms with van der Waals surface area (Å²) < 4.78 is 5.47. The van der Waals surface area contributed by atoms with Gasteiger partial charge in [-0.3, -0.25) is 9.59 Å². The van der Waals surface area contributed by atoms with Crippen LogP contribution < -0.4 is 9.64 Å². The second kappa shape index (κ2) is 7.39. The zero-order chi connectivity index (χ0) is 20.7. The summed E-state index contributed by atoms with van der Waals surface area (Å²) in [7, 11) is 1.55. The number of aryl methyl sites for hydroxylation is 3. The van der Waals surface area contributed by atoms with Gasteiger partial charge in [-0.25, -0.2) is 4.90 Å². The first-order valence-electron chi connectivity index (χ1n) is 10.0. The fourth-order valence-corrected chi connectivity index (χ4v) is 4.10. The van der Waals surface area contributed by atoms with Crippen molar-refractivity contribution in [1.82, 2.24) is 4.90 Å². The van der Waals surface area contributed by atoms with Gasteiger partial charge < -0.3 is 9.64 Å². The normalized spacial score (nSPS) is 17.0. The fraction of sp³-hybridized carbons (Fsp3) is 0.333.